The smallest absolute Gasteiger partial charge is 0.277 e. The molecule has 0 aliphatic rings. The van der Waals surface area contributed by atoms with Crippen LogP contribution >= 0.6 is 27.5 Å². The Morgan fingerprint density at radius 1 is 1.09 bits per heavy atom. The van der Waals surface area contributed by atoms with Crippen LogP contribution in [0.4, 0.5) is 5.82 Å². The molecule has 0 saturated carbocycles. The predicted octanol–water partition coefficient (Wildman–Crippen LogP) is 4.53. The van der Waals surface area contributed by atoms with E-state index in [1.165, 1.54) is 0 Å². The van der Waals surface area contributed by atoms with Crippen molar-refractivity contribution < 1.29 is 4.79 Å². The molecule has 4 aromatic heterocycles. The number of aryl methyl sites for hydroxylation is 1. The molecule has 0 fully saturated rings. The number of aromatic nitrogens is 7. The lowest BCUT2D eigenvalue weighted by Gasteiger charge is -2.02. The standard InChI is InChI=1S/C22H18BrClN8O/c1-2-30-12-15(23)20(28-30)18-8-9-25-19-10-17(27-32(18)19)22(33)26-21-16(24)13-31(29-21)11-14-6-4-3-5-7-14/h3-10,12-13H,2,11H2,1H3,(H,26,29,33). The van der Waals surface area contributed by atoms with Gasteiger partial charge in [-0.3, -0.25) is 14.2 Å². The van der Waals surface area contributed by atoms with Crippen LogP contribution in [0.3, 0.4) is 0 Å². The Balaban J connectivity index is 1.41. The number of amides is 1. The SMILES string of the molecule is CCn1cc(Br)c(-c2ccnc3cc(C(=O)Nc4nn(Cc5ccccc5)cc4Cl)nn23)n1. The number of nitrogens with zero attached hydrogens (tertiary/aromatic N) is 7. The number of nitrogens with one attached hydrogen (secondary N) is 1. The van der Waals surface area contributed by atoms with E-state index >= 15 is 0 Å². The summed E-state index contributed by atoms with van der Waals surface area (Å²) in [5.41, 5.74) is 3.21. The van der Waals surface area contributed by atoms with Crippen molar-refractivity contribution in [2.75, 3.05) is 5.32 Å². The molecular formula is C22H18BrClN8O. The lowest BCUT2D eigenvalue weighted by atomic mass is 10.2. The van der Waals surface area contributed by atoms with Crippen LogP contribution in [0.5, 0.6) is 0 Å². The third-order valence-electron chi connectivity index (χ3n) is 5.01. The minimum absolute atomic E-state index is 0.190. The molecule has 0 unspecified atom stereocenters. The molecule has 1 amide bonds. The number of hydrogen-bond donors (Lipinski definition) is 1. The molecule has 4 heterocycles. The summed E-state index contributed by atoms with van der Waals surface area (Å²) in [6, 6.07) is 13.3. The molecule has 0 aliphatic carbocycles. The number of carbonyl (C=O) groups excluding carboxylic acids is 1. The number of fused-ring (bicyclic) bond motifs is 1. The molecule has 0 spiro atoms. The highest BCUT2D eigenvalue weighted by Gasteiger charge is 2.19. The molecule has 9 nitrogen and oxygen atoms in total. The monoisotopic (exact) mass is 524 g/mol. The molecular weight excluding hydrogens is 508 g/mol. The van der Waals surface area contributed by atoms with Crippen LogP contribution in [0, 0.1) is 0 Å². The van der Waals surface area contributed by atoms with Gasteiger partial charge in [-0.25, -0.2) is 9.50 Å². The molecule has 1 N–H and O–H groups in total. The van der Waals surface area contributed by atoms with Crippen LogP contribution in [0.1, 0.15) is 23.0 Å². The minimum Gasteiger partial charge on any atom is -0.302 e. The fourth-order valence-electron chi connectivity index (χ4n) is 3.42. The van der Waals surface area contributed by atoms with Crippen molar-refractivity contribution in [2.45, 2.75) is 20.0 Å². The lowest BCUT2D eigenvalue weighted by Crippen LogP contribution is -2.14. The van der Waals surface area contributed by atoms with E-state index in [-0.39, 0.29) is 11.5 Å². The molecule has 5 aromatic rings. The first-order valence-corrected chi connectivity index (χ1v) is 11.3. The van der Waals surface area contributed by atoms with E-state index in [1.54, 1.807) is 33.7 Å². The first-order chi connectivity index (χ1) is 16.0. The number of anilines is 1. The summed E-state index contributed by atoms with van der Waals surface area (Å²) >= 11 is 9.85. The van der Waals surface area contributed by atoms with Crippen LogP contribution in [-0.4, -0.2) is 40.1 Å². The van der Waals surface area contributed by atoms with Crippen molar-refractivity contribution >= 4 is 44.9 Å². The van der Waals surface area contributed by atoms with Gasteiger partial charge in [-0.05, 0) is 34.5 Å². The van der Waals surface area contributed by atoms with Gasteiger partial charge in [0, 0.05) is 31.2 Å². The van der Waals surface area contributed by atoms with Gasteiger partial charge in [-0.15, -0.1) is 0 Å². The Labute approximate surface area is 202 Å². The van der Waals surface area contributed by atoms with Crippen molar-refractivity contribution in [1.82, 2.24) is 34.2 Å². The first-order valence-electron chi connectivity index (χ1n) is 10.2. The van der Waals surface area contributed by atoms with Crippen LogP contribution in [0.25, 0.3) is 17.0 Å². The third kappa shape index (κ3) is 4.27. The van der Waals surface area contributed by atoms with E-state index < -0.39 is 5.91 Å². The highest BCUT2D eigenvalue weighted by molar-refractivity contribution is 9.10. The average molecular weight is 526 g/mol. The Morgan fingerprint density at radius 2 is 1.91 bits per heavy atom. The molecule has 0 saturated heterocycles. The van der Waals surface area contributed by atoms with E-state index in [0.29, 0.717) is 28.6 Å². The highest BCUT2D eigenvalue weighted by atomic mass is 79.9. The first kappa shape index (κ1) is 21.4. The van der Waals surface area contributed by atoms with Gasteiger partial charge in [0.15, 0.2) is 17.2 Å². The predicted molar refractivity (Wildman–Crippen MR) is 128 cm³/mol. The maximum absolute atomic E-state index is 12.9. The van der Waals surface area contributed by atoms with E-state index in [0.717, 1.165) is 16.6 Å². The topological polar surface area (TPSA) is 94.9 Å². The van der Waals surface area contributed by atoms with Gasteiger partial charge in [-0.2, -0.15) is 15.3 Å². The molecule has 33 heavy (non-hydrogen) atoms. The zero-order valence-electron chi connectivity index (χ0n) is 17.5. The van der Waals surface area contributed by atoms with E-state index in [4.69, 9.17) is 11.6 Å². The van der Waals surface area contributed by atoms with Gasteiger partial charge in [0.1, 0.15) is 10.7 Å². The molecule has 11 heteroatoms. The van der Waals surface area contributed by atoms with Crippen LogP contribution in [0.2, 0.25) is 5.02 Å². The summed E-state index contributed by atoms with van der Waals surface area (Å²) < 4.78 is 5.92. The summed E-state index contributed by atoms with van der Waals surface area (Å²) in [5, 5.41) is 16.5. The molecule has 5 rings (SSSR count). The maximum Gasteiger partial charge on any atom is 0.277 e. The van der Waals surface area contributed by atoms with Gasteiger partial charge in [0.05, 0.1) is 16.7 Å². The fraction of sp³-hybridized carbons (Fsp3) is 0.136. The van der Waals surface area contributed by atoms with Crippen LogP contribution < -0.4 is 5.32 Å². The second-order valence-corrected chi connectivity index (χ2v) is 8.54. The fourth-order valence-corrected chi connectivity index (χ4v) is 4.14. The van der Waals surface area contributed by atoms with Crippen molar-refractivity contribution in [3.63, 3.8) is 0 Å². The number of halogens is 2. The average Bonchev–Trinajstić information content (AvgIpc) is 3.51. The summed E-state index contributed by atoms with van der Waals surface area (Å²) in [4.78, 5) is 17.2. The Hall–Kier alpha value is -3.50. The second kappa shape index (κ2) is 8.80. The highest BCUT2D eigenvalue weighted by Crippen LogP contribution is 2.27. The maximum atomic E-state index is 12.9. The third-order valence-corrected chi connectivity index (χ3v) is 5.87. The number of benzene rings is 1. The molecule has 0 radical (unpaired) electrons. The van der Waals surface area contributed by atoms with Crippen LogP contribution in [-0.2, 0) is 13.1 Å². The Bertz CT molecular complexity index is 1460. The largest absolute Gasteiger partial charge is 0.302 e. The van der Waals surface area contributed by atoms with Crippen molar-refractivity contribution in [1.29, 1.82) is 0 Å². The second-order valence-electron chi connectivity index (χ2n) is 7.27. The molecule has 0 aliphatic heterocycles. The Morgan fingerprint density at radius 3 is 2.67 bits per heavy atom. The minimum atomic E-state index is -0.434. The van der Waals surface area contributed by atoms with Crippen molar-refractivity contribution in [3.8, 4) is 11.4 Å². The quantitative estimate of drug-likeness (QED) is 0.352. The number of hydrogen-bond acceptors (Lipinski definition) is 5. The van der Waals surface area contributed by atoms with Gasteiger partial charge in [0.25, 0.3) is 5.91 Å². The zero-order chi connectivity index (χ0) is 22.9. The Kier molecular flexibility index (Phi) is 5.69. The number of rotatable bonds is 6. The molecule has 0 atom stereocenters. The lowest BCUT2D eigenvalue weighted by molar-refractivity contribution is 0.102. The summed E-state index contributed by atoms with van der Waals surface area (Å²) in [6.45, 7) is 3.28. The zero-order valence-corrected chi connectivity index (χ0v) is 19.8. The summed E-state index contributed by atoms with van der Waals surface area (Å²) in [7, 11) is 0. The van der Waals surface area contributed by atoms with Gasteiger partial charge in [0.2, 0.25) is 0 Å². The summed E-state index contributed by atoms with van der Waals surface area (Å²) in [5.74, 6) is -0.163. The normalized spacial score (nSPS) is 11.2. The van der Waals surface area contributed by atoms with E-state index in [1.807, 2.05) is 48.1 Å². The number of carbonyl (C=O) groups is 1. The van der Waals surface area contributed by atoms with Crippen molar-refractivity contribution in [3.05, 3.63) is 81.8 Å². The van der Waals surface area contributed by atoms with Gasteiger partial charge >= 0.3 is 0 Å². The van der Waals surface area contributed by atoms with Gasteiger partial charge < -0.3 is 5.32 Å². The molecule has 1 aromatic carbocycles. The molecule has 166 valence electrons. The summed E-state index contributed by atoms with van der Waals surface area (Å²) in [6.07, 6.45) is 5.23. The van der Waals surface area contributed by atoms with Crippen molar-refractivity contribution in [2.24, 2.45) is 0 Å². The van der Waals surface area contributed by atoms with E-state index in [9.17, 15) is 4.79 Å². The molecule has 0 bridgehead atoms. The van der Waals surface area contributed by atoms with Crippen LogP contribution in [0.15, 0.2) is 65.5 Å². The van der Waals surface area contributed by atoms with E-state index in [2.05, 4.69) is 41.5 Å². The van der Waals surface area contributed by atoms with Gasteiger partial charge in [-0.1, -0.05) is 41.9 Å².